The summed E-state index contributed by atoms with van der Waals surface area (Å²) in [6, 6.07) is 11.8. The summed E-state index contributed by atoms with van der Waals surface area (Å²) in [5.41, 5.74) is 5.13. The number of pyridine rings is 1. The fraction of sp³-hybridized carbons (Fsp3) is 0.190. The molecule has 0 aliphatic heterocycles. The van der Waals surface area contributed by atoms with Gasteiger partial charge in [-0.2, -0.15) is 5.10 Å². The first-order chi connectivity index (χ1) is 13.1. The van der Waals surface area contributed by atoms with Gasteiger partial charge >= 0.3 is 0 Å². The maximum Gasteiger partial charge on any atom is 0.256 e. The van der Waals surface area contributed by atoms with Gasteiger partial charge in [0.15, 0.2) is 5.65 Å². The number of amides is 1. The molecule has 0 fully saturated rings. The minimum atomic E-state index is -0.150. The van der Waals surface area contributed by atoms with Crippen LogP contribution in [0.4, 0.5) is 5.69 Å². The van der Waals surface area contributed by atoms with Gasteiger partial charge in [0.25, 0.3) is 5.91 Å². The van der Waals surface area contributed by atoms with Gasteiger partial charge in [-0.05, 0) is 49.9 Å². The van der Waals surface area contributed by atoms with Gasteiger partial charge in [-0.15, -0.1) is 11.3 Å². The summed E-state index contributed by atoms with van der Waals surface area (Å²) in [6.07, 6.45) is 1.72. The smallest absolute Gasteiger partial charge is 0.256 e. The van der Waals surface area contributed by atoms with Crippen LogP contribution in [0.1, 0.15) is 28.4 Å². The zero-order chi connectivity index (χ0) is 19.0. The van der Waals surface area contributed by atoms with Crippen LogP contribution in [0.15, 0.2) is 48.0 Å². The lowest BCUT2D eigenvalue weighted by Crippen LogP contribution is -2.14. The highest BCUT2D eigenvalue weighted by Crippen LogP contribution is 2.28. The molecular formula is C21H20N4OS. The van der Waals surface area contributed by atoms with Gasteiger partial charge in [-0.1, -0.05) is 23.8 Å². The van der Waals surface area contributed by atoms with Crippen molar-refractivity contribution in [2.24, 2.45) is 0 Å². The van der Waals surface area contributed by atoms with Gasteiger partial charge in [0.2, 0.25) is 0 Å². The number of thiophene rings is 1. The molecule has 0 saturated carbocycles. The number of nitrogens with one attached hydrogen (secondary N) is 1. The number of anilines is 1. The lowest BCUT2D eigenvalue weighted by atomic mass is 10.1. The Morgan fingerprint density at radius 1 is 1.22 bits per heavy atom. The van der Waals surface area contributed by atoms with Crippen molar-refractivity contribution in [2.45, 2.75) is 27.3 Å². The molecular weight excluding hydrogens is 356 g/mol. The van der Waals surface area contributed by atoms with Crippen LogP contribution in [-0.4, -0.2) is 20.7 Å². The lowest BCUT2D eigenvalue weighted by molar-refractivity contribution is 0.102. The van der Waals surface area contributed by atoms with E-state index < -0.39 is 0 Å². The van der Waals surface area contributed by atoms with Crippen LogP contribution < -0.4 is 5.32 Å². The number of fused-ring (bicyclic) bond motifs is 1. The molecule has 1 amide bonds. The van der Waals surface area contributed by atoms with Crippen molar-refractivity contribution in [3.8, 4) is 10.6 Å². The number of aromatic nitrogens is 3. The van der Waals surface area contributed by atoms with Crippen molar-refractivity contribution in [3.05, 3.63) is 64.7 Å². The fourth-order valence-electron chi connectivity index (χ4n) is 3.16. The predicted octanol–water partition coefficient (Wildman–Crippen LogP) is 5.05. The molecule has 5 nitrogen and oxygen atoms in total. The Labute approximate surface area is 161 Å². The molecule has 0 bridgehead atoms. The molecule has 4 rings (SSSR count). The van der Waals surface area contributed by atoms with E-state index in [1.807, 2.05) is 61.2 Å². The first-order valence-corrected chi connectivity index (χ1v) is 9.74. The summed E-state index contributed by atoms with van der Waals surface area (Å²) in [4.78, 5) is 18.9. The van der Waals surface area contributed by atoms with Crippen molar-refractivity contribution in [2.75, 3.05) is 5.32 Å². The number of nitrogens with zero attached hydrogens (tertiary/aromatic N) is 3. The van der Waals surface area contributed by atoms with E-state index in [1.165, 1.54) is 5.56 Å². The number of carbonyl (C=O) groups excluding carboxylic acids is 1. The van der Waals surface area contributed by atoms with E-state index in [9.17, 15) is 4.79 Å². The Morgan fingerprint density at radius 2 is 2.07 bits per heavy atom. The Hall–Kier alpha value is -2.99. The van der Waals surface area contributed by atoms with Gasteiger partial charge in [-0.3, -0.25) is 4.79 Å². The quantitative estimate of drug-likeness (QED) is 0.542. The number of rotatable bonds is 4. The first kappa shape index (κ1) is 17.4. The van der Waals surface area contributed by atoms with Gasteiger partial charge < -0.3 is 5.32 Å². The summed E-state index contributed by atoms with van der Waals surface area (Å²) >= 11 is 1.61. The normalized spacial score (nSPS) is 11.1. The van der Waals surface area contributed by atoms with Gasteiger partial charge in [0.1, 0.15) is 0 Å². The molecule has 3 heterocycles. The highest BCUT2D eigenvalue weighted by atomic mass is 32.1. The topological polar surface area (TPSA) is 59.8 Å². The van der Waals surface area contributed by atoms with Gasteiger partial charge in [-0.25, -0.2) is 9.67 Å². The lowest BCUT2D eigenvalue weighted by Gasteiger charge is -2.11. The van der Waals surface area contributed by atoms with E-state index in [4.69, 9.17) is 4.98 Å². The van der Waals surface area contributed by atoms with Gasteiger partial charge in [0, 0.05) is 12.2 Å². The second-order valence-corrected chi connectivity index (χ2v) is 7.45. The van der Waals surface area contributed by atoms with Crippen molar-refractivity contribution >= 4 is 34.0 Å². The molecule has 0 unspecified atom stereocenters. The third-order valence-corrected chi connectivity index (χ3v) is 5.45. The second-order valence-electron chi connectivity index (χ2n) is 6.50. The summed E-state index contributed by atoms with van der Waals surface area (Å²) in [5, 5.41) is 10.2. The maximum absolute atomic E-state index is 13.1. The molecule has 6 heteroatoms. The number of aryl methyl sites for hydroxylation is 3. The molecule has 0 spiro atoms. The molecule has 0 aliphatic rings. The Balaban J connectivity index is 1.82. The van der Waals surface area contributed by atoms with Crippen LogP contribution in [-0.2, 0) is 6.54 Å². The molecule has 0 aliphatic carbocycles. The van der Waals surface area contributed by atoms with Crippen molar-refractivity contribution < 1.29 is 4.79 Å². The molecule has 1 aromatic carbocycles. The molecule has 0 radical (unpaired) electrons. The second kappa shape index (κ2) is 6.96. The van der Waals surface area contributed by atoms with Crippen LogP contribution in [0, 0.1) is 13.8 Å². The highest BCUT2D eigenvalue weighted by Gasteiger charge is 2.18. The van der Waals surface area contributed by atoms with Crippen LogP contribution >= 0.6 is 11.3 Å². The average molecular weight is 376 g/mol. The SMILES string of the molecule is CCn1ncc2c(C(=O)Nc3ccc(C)cc3C)cc(-c3cccs3)nc21. The van der Waals surface area contributed by atoms with Crippen LogP contribution in [0.25, 0.3) is 21.6 Å². The summed E-state index contributed by atoms with van der Waals surface area (Å²) in [6.45, 7) is 6.75. The van der Waals surface area contributed by atoms with Crippen LogP contribution in [0.2, 0.25) is 0 Å². The minimum Gasteiger partial charge on any atom is -0.322 e. The number of hydrogen-bond donors (Lipinski definition) is 1. The molecule has 0 atom stereocenters. The molecule has 3 aromatic heterocycles. The monoisotopic (exact) mass is 376 g/mol. The van der Waals surface area contributed by atoms with E-state index in [0.29, 0.717) is 12.1 Å². The zero-order valence-corrected chi connectivity index (χ0v) is 16.3. The average Bonchev–Trinajstić information content (AvgIpc) is 3.32. The first-order valence-electron chi connectivity index (χ1n) is 8.86. The number of hydrogen-bond acceptors (Lipinski definition) is 4. The Bertz CT molecular complexity index is 1130. The largest absolute Gasteiger partial charge is 0.322 e. The van der Waals surface area contributed by atoms with Crippen molar-refractivity contribution in [3.63, 3.8) is 0 Å². The highest BCUT2D eigenvalue weighted by molar-refractivity contribution is 7.13. The molecule has 0 saturated heterocycles. The fourth-order valence-corrected chi connectivity index (χ4v) is 3.85. The summed E-state index contributed by atoms with van der Waals surface area (Å²) in [7, 11) is 0. The summed E-state index contributed by atoms with van der Waals surface area (Å²) < 4.78 is 1.82. The van der Waals surface area contributed by atoms with E-state index in [-0.39, 0.29) is 5.91 Å². The Kier molecular flexibility index (Phi) is 4.49. The van der Waals surface area contributed by atoms with E-state index >= 15 is 0 Å². The third kappa shape index (κ3) is 3.24. The molecule has 27 heavy (non-hydrogen) atoms. The molecule has 136 valence electrons. The number of carbonyl (C=O) groups is 1. The number of benzene rings is 1. The maximum atomic E-state index is 13.1. The summed E-state index contributed by atoms with van der Waals surface area (Å²) in [5.74, 6) is -0.150. The minimum absolute atomic E-state index is 0.150. The zero-order valence-electron chi connectivity index (χ0n) is 15.5. The Morgan fingerprint density at radius 3 is 2.78 bits per heavy atom. The van der Waals surface area contributed by atoms with Crippen LogP contribution in [0.3, 0.4) is 0 Å². The molecule has 4 aromatic rings. The van der Waals surface area contributed by atoms with Crippen LogP contribution in [0.5, 0.6) is 0 Å². The van der Waals surface area contributed by atoms with E-state index in [1.54, 1.807) is 17.5 Å². The van der Waals surface area contributed by atoms with Crippen molar-refractivity contribution in [1.29, 1.82) is 0 Å². The predicted molar refractivity (Wildman–Crippen MR) is 110 cm³/mol. The van der Waals surface area contributed by atoms with E-state index in [2.05, 4.69) is 16.5 Å². The van der Waals surface area contributed by atoms with Crippen molar-refractivity contribution in [1.82, 2.24) is 14.8 Å². The third-order valence-electron chi connectivity index (χ3n) is 4.56. The standard InChI is InChI=1S/C21H20N4OS/c1-4-25-20-16(12-22-25)15(11-18(23-20)19-6-5-9-27-19)21(26)24-17-8-7-13(2)10-14(17)3/h5-12H,4H2,1-3H3,(H,24,26). The molecule has 1 N–H and O–H groups in total. The van der Waals surface area contributed by atoms with Gasteiger partial charge in [0.05, 0.1) is 27.7 Å². The van der Waals surface area contributed by atoms with E-state index in [0.717, 1.165) is 32.9 Å².